The van der Waals surface area contributed by atoms with Crippen molar-refractivity contribution in [1.82, 2.24) is 4.98 Å². The van der Waals surface area contributed by atoms with Crippen LogP contribution in [0.25, 0.3) is 21.8 Å². The molecule has 0 bridgehead atoms. The molecular formula is C16H15NO4. The zero-order chi connectivity index (χ0) is 15.0. The molecule has 0 atom stereocenters. The fourth-order valence-electron chi connectivity index (χ4n) is 2.51. The largest absolute Gasteiger partial charge is 0.497 e. The SMILES string of the molecule is COc1cc(OC)c2c(=O)c3c(OC)cccc3[nH]c2c1. The number of aromatic amines is 1. The van der Waals surface area contributed by atoms with Gasteiger partial charge in [-0.15, -0.1) is 0 Å². The minimum Gasteiger partial charge on any atom is -0.497 e. The molecule has 0 radical (unpaired) electrons. The van der Waals surface area contributed by atoms with Crippen LogP contribution >= 0.6 is 0 Å². The van der Waals surface area contributed by atoms with Crippen LogP contribution in [0.15, 0.2) is 35.1 Å². The Bertz CT molecular complexity index is 883. The van der Waals surface area contributed by atoms with E-state index in [0.717, 1.165) is 0 Å². The molecule has 0 amide bonds. The molecule has 0 saturated heterocycles. The molecule has 0 aliphatic carbocycles. The van der Waals surface area contributed by atoms with Crippen LogP contribution in [-0.2, 0) is 0 Å². The number of rotatable bonds is 3. The molecule has 1 N–H and O–H groups in total. The molecule has 0 spiro atoms. The molecular weight excluding hydrogens is 270 g/mol. The van der Waals surface area contributed by atoms with Gasteiger partial charge in [-0.25, -0.2) is 0 Å². The van der Waals surface area contributed by atoms with Crippen LogP contribution in [0.4, 0.5) is 0 Å². The summed E-state index contributed by atoms with van der Waals surface area (Å²) in [5.41, 5.74) is 1.25. The predicted molar refractivity (Wildman–Crippen MR) is 81.7 cm³/mol. The molecule has 1 aromatic heterocycles. The van der Waals surface area contributed by atoms with Crippen molar-refractivity contribution in [3.63, 3.8) is 0 Å². The van der Waals surface area contributed by atoms with Gasteiger partial charge in [0.25, 0.3) is 0 Å². The summed E-state index contributed by atoms with van der Waals surface area (Å²) in [4.78, 5) is 16.1. The lowest BCUT2D eigenvalue weighted by Gasteiger charge is -2.11. The Morgan fingerprint density at radius 2 is 1.57 bits per heavy atom. The second-order valence-electron chi connectivity index (χ2n) is 4.59. The Morgan fingerprint density at radius 3 is 2.24 bits per heavy atom. The van der Waals surface area contributed by atoms with E-state index in [1.165, 1.54) is 7.11 Å². The topological polar surface area (TPSA) is 60.6 Å². The summed E-state index contributed by atoms with van der Waals surface area (Å²) in [7, 11) is 4.65. The van der Waals surface area contributed by atoms with Crippen LogP contribution in [0.1, 0.15) is 0 Å². The summed E-state index contributed by atoms with van der Waals surface area (Å²) in [5.74, 6) is 1.63. The molecule has 1 heterocycles. The van der Waals surface area contributed by atoms with Crippen molar-refractivity contribution in [1.29, 1.82) is 0 Å². The lowest BCUT2D eigenvalue weighted by molar-refractivity contribution is 0.397. The summed E-state index contributed by atoms with van der Waals surface area (Å²) in [6.07, 6.45) is 0. The van der Waals surface area contributed by atoms with Gasteiger partial charge in [0.1, 0.15) is 17.2 Å². The average molecular weight is 285 g/mol. The van der Waals surface area contributed by atoms with Gasteiger partial charge in [0.2, 0.25) is 5.43 Å². The van der Waals surface area contributed by atoms with Crippen LogP contribution in [0.5, 0.6) is 17.2 Å². The molecule has 108 valence electrons. The van der Waals surface area contributed by atoms with E-state index in [9.17, 15) is 4.79 Å². The quantitative estimate of drug-likeness (QED) is 0.752. The molecule has 0 saturated carbocycles. The first kappa shape index (κ1) is 13.3. The van der Waals surface area contributed by atoms with E-state index in [2.05, 4.69) is 4.98 Å². The van der Waals surface area contributed by atoms with E-state index in [1.807, 2.05) is 12.1 Å². The van der Waals surface area contributed by atoms with Crippen molar-refractivity contribution >= 4 is 21.8 Å². The second kappa shape index (κ2) is 5.01. The molecule has 0 fully saturated rings. The maximum atomic E-state index is 12.8. The molecule has 3 rings (SSSR count). The van der Waals surface area contributed by atoms with E-state index in [0.29, 0.717) is 39.1 Å². The fraction of sp³-hybridized carbons (Fsp3) is 0.188. The van der Waals surface area contributed by atoms with E-state index in [-0.39, 0.29) is 5.43 Å². The summed E-state index contributed by atoms with van der Waals surface area (Å²) in [6.45, 7) is 0. The van der Waals surface area contributed by atoms with Crippen molar-refractivity contribution in [3.05, 3.63) is 40.6 Å². The van der Waals surface area contributed by atoms with Crippen molar-refractivity contribution in [2.75, 3.05) is 21.3 Å². The first-order valence-electron chi connectivity index (χ1n) is 6.44. The summed E-state index contributed by atoms with van der Waals surface area (Å²) >= 11 is 0. The summed E-state index contributed by atoms with van der Waals surface area (Å²) < 4.78 is 15.9. The van der Waals surface area contributed by atoms with Crippen LogP contribution in [0, 0.1) is 0 Å². The van der Waals surface area contributed by atoms with Gasteiger partial charge in [-0.3, -0.25) is 4.79 Å². The zero-order valence-corrected chi connectivity index (χ0v) is 12.0. The Kier molecular flexibility index (Phi) is 3.17. The van der Waals surface area contributed by atoms with Crippen molar-refractivity contribution in [3.8, 4) is 17.2 Å². The molecule has 0 unspecified atom stereocenters. The first-order chi connectivity index (χ1) is 10.2. The third kappa shape index (κ3) is 1.98. The minimum atomic E-state index is -0.129. The highest BCUT2D eigenvalue weighted by molar-refractivity contribution is 5.98. The molecule has 5 heteroatoms. The van der Waals surface area contributed by atoms with Gasteiger partial charge < -0.3 is 19.2 Å². The normalized spacial score (nSPS) is 10.8. The van der Waals surface area contributed by atoms with Gasteiger partial charge in [-0.1, -0.05) is 6.07 Å². The first-order valence-corrected chi connectivity index (χ1v) is 6.44. The third-order valence-corrected chi connectivity index (χ3v) is 3.50. The molecule has 21 heavy (non-hydrogen) atoms. The average Bonchev–Trinajstić information content (AvgIpc) is 2.52. The number of methoxy groups -OCH3 is 3. The standard InChI is InChI=1S/C16H15NO4/c1-19-9-7-11-15(13(8-9)21-3)16(18)14-10(17-11)5-4-6-12(14)20-2/h4-8H,1-3H3,(H,17,18). The fourth-order valence-corrected chi connectivity index (χ4v) is 2.51. The van der Waals surface area contributed by atoms with Crippen LogP contribution in [-0.4, -0.2) is 26.3 Å². The molecule has 5 nitrogen and oxygen atoms in total. The van der Waals surface area contributed by atoms with E-state index >= 15 is 0 Å². The lowest BCUT2D eigenvalue weighted by Crippen LogP contribution is -2.07. The maximum Gasteiger partial charge on any atom is 0.204 e. The molecule has 0 aliphatic rings. The van der Waals surface area contributed by atoms with Gasteiger partial charge in [0, 0.05) is 12.1 Å². The van der Waals surface area contributed by atoms with E-state index in [4.69, 9.17) is 14.2 Å². The number of hydrogen-bond acceptors (Lipinski definition) is 4. The molecule has 0 aliphatic heterocycles. The van der Waals surface area contributed by atoms with E-state index < -0.39 is 0 Å². The maximum absolute atomic E-state index is 12.8. The van der Waals surface area contributed by atoms with Crippen molar-refractivity contribution in [2.45, 2.75) is 0 Å². The minimum absolute atomic E-state index is 0.129. The van der Waals surface area contributed by atoms with Crippen molar-refractivity contribution in [2.24, 2.45) is 0 Å². The Labute approximate surface area is 121 Å². The number of benzene rings is 2. The Morgan fingerprint density at radius 1 is 0.857 bits per heavy atom. The van der Waals surface area contributed by atoms with Crippen LogP contribution in [0.2, 0.25) is 0 Å². The molecule has 2 aromatic carbocycles. The van der Waals surface area contributed by atoms with Crippen molar-refractivity contribution < 1.29 is 14.2 Å². The second-order valence-corrected chi connectivity index (χ2v) is 4.59. The number of ether oxygens (including phenoxy) is 3. The van der Waals surface area contributed by atoms with Gasteiger partial charge in [0.05, 0.1) is 43.1 Å². The lowest BCUT2D eigenvalue weighted by atomic mass is 10.1. The predicted octanol–water partition coefficient (Wildman–Crippen LogP) is 2.71. The van der Waals surface area contributed by atoms with Gasteiger partial charge in [0.15, 0.2) is 0 Å². The van der Waals surface area contributed by atoms with Gasteiger partial charge >= 0.3 is 0 Å². The highest BCUT2D eigenvalue weighted by Crippen LogP contribution is 2.31. The van der Waals surface area contributed by atoms with Crippen LogP contribution < -0.4 is 19.6 Å². The molecule has 3 aromatic rings. The number of fused-ring (bicyclic) bond motifs is 2. The monoisotopic (exact) mass is 285 g/mol. The highest BCUT2D eigenvalue weighted by atomic mass is 16.5. The zero-order valence-electron chi connectivity index (χ0n) is 12.0. The number of nitrogens with one attached hydrogen (secondary N) is 1. The third-order valence-electron chi connectivity index (χ3n) is 3.50. The number of aromatic nitrogens is 1. The number of H-pyrrole nitrogens is 1. The number of hydrogen-bond donors (Lipinski definition) is 1. The summed E-state index contributed by atoms with van der Waals surface area (Å²) in [5, 5.41) is 0.992. The number of pyridine rings is 1. The Balaban J connectivity index is 2.54. The van der Waals surface area contributed by atoms with Crippen LogP contribution in [0.3, 0.4) is 0 Å². The summed E-state index contributed by atoms with van der Waals surface area (Å²) in [6, 6.07) is 8.90. The highest BCUT2D eigenvalue weighted by Gasteiger charge is 2.15. The smallest absolute Gasteiger partial charge is 0.204 e. The van der Waals surface area contributed by atoms with E-state index in [1.54, 1.807) is 32.4 Å². The van der Waals surface area contributed by atoms with Gasteiger partial charge in [-0.05, 0) is 12.1 Å². The Hall–Kier alpha value is -2.69. The van der Waals surface area contributed by atoms with Gasteiger partial charge in [-0.2, -0.15) is 0 Å².